The second kappa shape index (κ2) is 7.92. The number of carbonyl (C=O) groups excluding carboxylic acids is 1. The third-order valence-electron chi connectivity index (χ3n) is 3.56. The molecule has 0 aliphatic carbocycles. The maximum Gasteiger partial charge on any atom is 0.275 e. The van der Waals surface area contributed by atoms with Gasteiger partial charge in [0.25, 0.3) is 5.91 Å². The fraction of sp³-hybridized carbons (Fsp3) is 0.353. The Morgan fingerprint density at radius 1 is 1.30 bits per heavy atom. The molecule has 0 radical (unpaired) electrons. The zero-order chi connectivity index (χ0) is 16.8. The molecule has 0 saturated heterocycles. The highest BCUT2D eigenvalue weighted by atomic mass is 35.5. The Kier molecular flexibility index (Phi) is 5.93. The lowest BCUT2D eigenvalue weighted by Crippen LogP contribution is -2.21. The van der Waals surface area contributed by atoms with Crippen molar-refractivity contribution in [3.8, 4) is 0 Å². The van der Waals surface area contributed by atoms with Gasteiger partial charge in [0.15, 0.2) is 0 Å². The number of unbranched alkanes of at least 4 members (excludes halogenated alkanes) is 1. The highest BCUT2D eigenvalue weighted by Gasteiger charge is 2.11. The summed E-state index contributed by atoms with van der Waals surface area (Å²) in [5.41, 5.74) is 1.89. The van der Waals surface area contributed by atoms with Gasteiger partial charge in [-0.05, 0) is 31.0 Å². The molecule has 5 nitrogen and oxygen atoms in total. The van der Waals surface area contributed by atoms with E-state index < -0.39 is 0 Å². The smallest absolute Gasteiger partial charge is 0.275 e. The van der Waals surface area contributed by atoms with E-state index >= 15 is 0 Å². The Morgan fingerprint density at radius 3 is 2.74 bits per heavy atom. The van der Waals surface area contributed by atoms with Crippen molar-refractivity contribution in [1.82, 2.24) is 9.97 Å². The molecule has 1 aromatic carbocycles. The predicted octanol–water partition coefficient (Wildman–Crippen LogP) is 3.93. The molecule has 0 aliphatic heterocycles. The largest absolute Gasteiger partial charge is 0.358 e. The van der Waals surface area contributed by atoms with Crippen LogP contribution in [0.25, 0.3) is 0 Å². The molecule has 0 aliphatic rings. The van der Waals surface area contributed by atoms with Crippen LogP contribution < -0.4 is 10.2 Å². The van der Waals surface area contributed by atoms with Gasteiger partial charge in [-0.25, -0.2) is 9.97 Å². The van der Waals surface area contributed by atoms with E-state index in [-0.39, 0.29) is 11.6 Å². The molecule has 2 aromatic rings. The second-order valence-electron chi connectivity index (χ2n) is 5.45. The van der Waals surface area contributed by atoms with Crippen LogP contribution >= 0.6 is 11.6 Å². The average Bonchev–Trinajstić information content (AvgIpc) is 2.56. The Labute approximate surface area is 141 Å². The van der Waals surface area contributed by atoms with E-state index in [1.54, 1.807) is 18.3 Å². The number of anilines is 2. The summed E-state index contributed by atoms with van der Waals surface area (Å²) in [5, 5.41) is 3.38. The van der Waals surface area contributed by atoms with Crippen molar-refractivity contribution in [2.24, 2.45) is 0 Å². The molecule has 0 atom stereocenters. The number of hydrogen-bond acceptors (Lipinski definition) is 4. The van der Waals surface area contributed by atoms with Crippen molar-refractivity contribution in [2.45, 2.75) is 26.7 Å². The molecule has 1 N–H and O–H groups in total. The normalized spacial score (nSPS) is 10.4. The lowest BCUT2D eigenvalue weighted by molar-refractivity contribution is 0.102. The van der Waals surface area contributed by atoms with Crippen LogP contribution in [0.4, 0.5) is 11.5 Å². The number of hydrogen-bond donors (Lipinski definition) is 1. The van der Waals surface area contributed by atoms with Crippen LogP contribution in [0.3, 0.4) is 0 Å². The van der Waals surface area contributed by atoms with Gasteiger partial charge >= 0.3 is 0 Å². The summed E-state index contributed by atoms with van der Waals surface area (Å²) in [7, 11) is 1.97. The first-order valence-electron chi connectivity index (χ1n) is 7.62. The Bertz CT molecular complexity index is 673. The number of aromatic nitrogens is 2. The molecule has 0 unspecified atom stereocenters. The summed E-state index contributed by atoms with van der Waals surface area (Å²) in [6, 6.07) is 5.36. The number of halogens is 1. The molecular weight excluding hydrogens is 312 g/mol. The lowest BCUT2D eigenvalue weighted by Gasteiger charge is -2.17. The molecule has 0 spiro atoms. The number of nitrogens with one attached hydrogen (secondary N) is 1. The summed E-state index contributed by atoms with van der Waals surface area (Å²) in [6.45, 7) is 4.96. The minimum absolute atomic E-state index is 0.275. The van der Waals surface area contributed by atoms with E-state index in [4.69, 9.17) is 11.6 Å². The van der Waals surface area contributed by atoms with Gasteiger partial charge in [0.1, 0.15) is 11.5 Å². The van der Waals surface area contributed by atoms with Gasteiger partial charge in [-0.1, -0.05) is 31.0 Å². The first-order chi connectivity index (χ1) is 11.0. The van der Waals surface area contributed by atoms with Gasteiger partial charge in [-0.2, -0.15) is 0 Å². The third kappa shape index (κ3) is 4.66. The van der Waals surface area contributed by atoms with E-state index in [1.807, 2.05) is 24.9 Å². The van der Waals surface area contributed by atoms with Crippen LogP contribution in [-0.4, -0.2) is 29.5 Å². The molecule has 122 valence electrons. The van der Waals surface area contributed by atoms with E-state index in [1.165, 1.54) is 6.20 Å². The van der Waals surface area contributed by atoms with Gasteiger partial charge in [0, 0.05) is 24.3 Å². The summed E-state index contributed by atoms with van der Waals surface area (Å²) in [5.74, 6) is 0.458. The van der Waals surface area contributed by atoms with Gasteiger partial charge in [-0.15, -0.1) is 0 Å². The van der Waals surface area contributed by atoms with Crippen LogP contribution in [0.1, 0.15) is 35.8 Å². The zero-order valence-corrected chi connectivity index (χ0v) is 14.4. The monoisotopic (exact) mass is 332 g/mol. The first kappa shape index (κ1) is 17.2. The van der Waals surface area contributed by atoms with Crippen molar-refractivity contribution < 1.29 is 4.79 Å². The average molecular weight is 333 g/mol. The van der Waals surface area contributed by atoms with E-state index in [0.29, 0.717) is 10.7 Å². The SMILES string of the molecule is CCCCN(C)c1cnc(C(=O)Nc2cc(Cl)ccc2C)cn1. The number of aryl methyl sites for hydroxylation is 1. The number of amides is 1. The molecular formula is C17H21ClN4O. The Balaban J connectivity index is 2.07. The van der Waals surface area contributed by atoms with Crippen LogP contribution in [0, 0.1) is 6.92 Å². The topological polar surface area (TPSA) is 58.1 Å². The van der Waals surface area contributed by atoms with Gasteiger partial charge in [0.2, 0.25) is 0 Å². The first-order valence-corrected chi connectivity index (χ1v) is 7.99. The van der Waals surface area contributed by atoms with E-state index in [2.05, 4.69) is 22.2 Å². The number of rotatable bonds is 6. The van der Waals surface area contributed by atoms with E-state index in [0.717, 1.165) is 30.8 Å². The number of carbonyl (C=O) groups is 1. The predicted molar refractivity (Wildman–Crippen MR) is 94.4 cm³/mol. The summed E-state index contributed by atoms with van der Waals surface area (Å²) < 4.78 is 0. The van der Waals surface area contributed by atoms with E-state index in [9.17, 15) is 4.79 Å². The maximum absolute atomic E-state index is 12.3. The number of benzene rings is 1. The summed E-state index contributed by atoms with van der Waals surface area (Å²) in [4.78, 5) is 22.8. The maximum atomic E-state index is 12.3. The molecule has 2 rings (SSSR count). The molecule has 0 bridgehead atoms. The van der Waals surface area contributed by atoms with Gasteiger partial charge in [-0.3, -0.25) is 4.79 Å². The molecule has 1 heterocycles. The van der Waals surface area contributed by atoms with Gasteiger partial charge in [0.05, 0.1) is 12.4 Å². The number of nitrogens with zero attached hydrogens (tertiary/aromatic N) is 3. The van der Waals surface area contributed by atoms with Crippen LogP contribution in [0.15, 0.2) is 30.6 Å². The van der Waals surface area contributed by atoms with Gasteiger partial charge < -0.3 is 10.2 Å². The van der Waals surface area contributed by atoms with Crippen molar-refractivity contribution in [3.05, 3.63) is 46.9 Å². The summed E-state index contributed by atoms with van der Waals surface area (Å²) >= 11 is 5.96. The quantitative estimate of drug-likeness (QED) is 0.870. The zero-order valence-electron chi connectivity index (χ0n) is 13.6. The highest BCUT2D eigenvalue weighted by molar-refractivity contribution is 6.31. The lowest BCUT2D eigenvalue weighted by atomic mass is 10.2. The van der Waals surface area contributed by atoms with Crippen molar-refractivity contribution >= 4 is 29.0 Å². The van der Waals surface area contributed by atoms with Crippen molar-refractivity contribution in [3.63, 3.8) is 0 Å². The molecule has 1 aromatic heterocycles. The minimum atomic E-state index is -0.300. The Hall–Kier alpha value is -2.14. The molecule has 0 saturated carbocycles. The fourth-order valence-electron chi connectivity index (χ4n) is 2.06. The highest BCUT2D eigenvalue weighted by Crippen LogP contribution is 2.20. The second-order valence-corrected chi connectivity index (χ2v) is 5.88. The third-order valence-corrected chi connectivity index (χ3v) is 3.79. The molecule has 1 amide bonds. The minimum Gasteiger partial charge on any atom is -0.358 e. The van der Waals surface area contributed by atoms with Crippen LogP contribution in [0.5, 0.6) is 0 Å². The fourth-order valence-corrected chi connectivity index (χ4v) is 2.23. The molecule has 6 heteroatoms. The molecule has 23 heavy (non-hydrogen) atoms. The summed E-state index contributed by atoms with van der Waals surface area (Å²) in [6.07, 6.45) is 5.33. The van der Waals surface area contributed by atoms with Crippen LogP contribution in [0.2, 0.25) is 5.02 Å². The van der Waals surface area contributed by atoms with Crippen molar-refractivity contribution in [1.29, 1.82) is 0 Å². The molecule has 0 fully saturated rings. The van der Waals surface area contributed by atoms with Crippen molar-refractivity contribution in [2.75, 3.05) is 23.8 Å². The Morgan fingerprint density at radius 2 is 2.09 bits per heavy atom. The van der Waals surface area contributed by atoms with Crippen LogP contribution in [-0.2, 0) is 0 Å². The standard InChI is InChI=1S/C17H21ClN4O/c1-4-5-8-22(3)16-11-19-15(10-20-16)17(23)21-14-9-13(18)7-6-12(14)2/h6-7,9-11H,4-5,8H2,1-3H3,(H,21,23).